The number of piperidine rings is 1. The first-order valence-corrected chi connectivity index (χ1v) is 12.4. The molecule has 2 saturated heterocycles. The van der Waals surface area contributed by atoms with E-state index in [0.717, 1.165) is 94.1 Å². The predicted molar refractivity (Wildman–Crippen MR) is 132 cm³/mol. The Morgan fingerprint density at radius 2 is 1.91 bits per heavy atom. The van der Waals surface area contributed by atoms with Gasteiger partial charge in [-0.1, -0.05) is 6.92 Å². The molecule has 2 fully saturated rings. The van der Waals surface area contributed by atoms with Crippen LogP contribution in [0.15, 0.2) is 36.7 Å². The maximum Gasteiger partial charge on any atom is 0.224 e. The quantitative estimate of drug-likeness (QED) is 0.558. The SMILES string of the molecule is CCN1CCN(CCCNC(=O)[C@H]2CCCN(c3nc4ncccc4n4cccc34)C2)CC1. The number of anilines is 1. The van der Waals surface area contributed by atoms with E-state index in [2.05, 4.69) is 48.6 Å². The lowest BCUT2D eigenvalue weighted by Crippen LogP contribution is -2.47. The van der Waals surface area contributed by atoms with Crippen LogP contribution >= 0.6 is 0 Å². The van der Waals surface area contributed by atoms with Crippen molar-refractivity contribution in [1.82, 2.24) is 29.5 Å². The molecular formula is C25H35N7O. The maximum absolute atomic E-state index is 12.9. The van der Waals surface area contributed by atoms with E-state index in [9.17, 15) is 4.79 Å². The second kappa shape index (κ2) is 10.1. The summed E-state index contributed by atoms with van der Waals surface area (Å²) in [5.74, 6) is 1.11. The highest BCUT2D eigenvalue weighted by Crippen LogP contribution is 2.28. The number of nitrogens with one attached hydrogen (secondary N) is 1. The van der Waals surface area contributed by atoms with E-state index < -0.39 is 0 Å². The molecule has 0 saturated carbocycles. The minimum absolute atomic E-state index is 0.00286. The molecule has 176 valence electrons. The summed E-state index contributed by atoms with van der Waals surface area (Å²) < 4.78 is 2.15. The molecular weight excluding hydrogens is 414 g/mol. The van der Waals surface area contributed by atoms with Crippen LogP contribution in [0.2, 0.25) is 0 Å². The number of piperazine rings is 1. The van der Waals surface area contributed by atoms with Crippen molar-refractivity contribution in [3.8, 4) is 0 Å². The van der Waals surface area contributed by atoms with Crippen molar-refractivity contribution < 1.29 is 4.79 Å². The standard InChI is InChI=1S/C25H35N7O/c1-2-29-15-17-30(18-16-29)12-6-11-27-25(33)20-7-4-13-31(19-20)24-22-9-5-14-32(22)21-8-3-10-26-23(21)28-24/h3,5,8-10,14,20H,2,4,6-7,11-13,15-19H2,1H3,(H,27,33)/t20-/m0/s1. The third kappa shape index (κ3) is 4.82. The Morgan fingerprint density at radius 3 is 2.76 bits per heavy atom. The fourth-order valence-corrected chi connectivity index (χ4v) is 5.20. The average molecular weight is 450 g/mol. The molecule has 0 bridgehead atoms. The average Bonchev–Trinajstić information content (AvgIpc) is 3.37. The minimum atomic E-state index is 0.00286. The normalized spacial score (nSPS) is 20.5. The summed E-state index contributed by atoms with van der Waals surface area (Å²) in [6, 6.07) is 8.12. The molecule has 1 N–H and O–H groups in total. The lowest BCUT2D eigenvalue weighted by molar-refractivity contribution is -0.125. The summed E-state index contributed by atoms with van der Waals surface area (Å²) in [5.41, 5.74) is 2.81. The zero-order valence-corrected chi connectivity index (χ0v) is 19.6. The monoisotopic (exact) mass is 449 g/mol. The van der Waals surface area contributed by atoms with Crippen LogP contribution in [0.1, 0.15) is 26.2 Å². The van der Waals surface area contributed by atoms with Gasteiger partial charge < -0.3 is 24.4 Å². The summed E-state index contributed by atoms with van der Waals surface area (Å²) in [7, 11) is 0. The van der Waals surface area contributed by atoms with Crippen LogP contribution in [-0.4, -0.2) is 89.0 Å². The highest BCUT2D eigenvalue weighted by molar-refractivity contribution is 5.84. The molecule has 3 aromatic rings. The van der Waals surface area contributed by atoms with Gasteiger partial charge in [0.1, 0.15) is 0 Å². The first-order chi connectivity index (χ1) is 16.2. The highest BCUT2D eigenvalue weighted by atomic mass is 16.1. The van der Waals surface area contributed by atoms with Gasteiger partial charge in [-0.2, -0.15) is 0 Å². The van der Waals surface area contributed by atoms with Gasteiger partial charge in [-0.25, -0.2) is 9.97 Å². The Balaban J connectivity index is 1.17. The molecule has 3 aromatic heterocycles. The van der Waals surface area contributed by atoms with E-state index in [4.69, 9.17) is 4.98 Å². The van der Waals surface area contributed by atoms with Crippen LogP contribution in [0, 0.1) is 5.92 Å². The van der Waals surface area contributed by atoms with Crippen LogP contribution in [0.3, 0.4) is 0 Å². The zero-order chi connectivity index (χ0) is 22.6. The predicted octanol–water partition coefficient (Wildman–Crippen LogP) is 2.24. The molecule has 2 aliphatic rings. The number of fused-ring (bicyclic) bond motifs is 3. The Morgan fingerprint density at radius 1 is 1.09 bits per heavy atom. The largest absolute Gasteiger partial charge is 0.356 e. The summed E-state index contributed by atoms with van der Waals surface area (Å²) in [4.78, 5) is 29.6. The van der Waals surface area contributed by atoms with Gasteiger partial charge in [0.2, 0.25) is 5.91 Å². The molecule has 5 rings (SSSR count). The van der Waals surface area contributed by atoms with Crippen LogP contribution in [0.25, 0.3) is 16.7 Å². The molecule has 0 radical (unpaired) electrons. The van der Waals surface area contributed by atoms with Crippen LogP contribution in [0.4, 0.5) is 5.82 Å². The lowest BCUT2D eigenvalue weighted by atomic mass is 9.97. The number of amides is 1. The number of aromatic nitrogens is 3. The van der Waals surface area contributed by atoms with Crippen molar-refractivity contribution >= 4 is 28.4 Å². The molecule has 0 aromatic carbocycles. The van der Waals surface area contributed by atoms with E-state index >= 15 is 0 Å². The van der Waals surface area contributed by atoms with Gasteiger partial charge in [0, 0.05) is 58.2 Å². The lowest BCUT2D eigenvalue weighted by Gasteiger charge is -2.34. The zero-order valence-electron chi connectivity index (χ0n) is 19.6. The van der Waals surface area contributed by atoms with Gasteiger partial charge in [0.05, 0.1) is 17.0 Å². The molecule has 8 heteroatoms. The second-order valence-corrected chi connectivity index (χ2v) is 9.25. The van der Waals surface area contributed by atoms with Crippen molar-refractivity contribution in [3.63, 3.8) is 0 Å². The summed E-state index contributed by atoms with van der Waals surface area (Å²) in [6.07, 6.45) is 6.78. The van der Waals surface area contributed by atoms with Crippen LogP contribution < -0.4 is 10.2 Å². The van der Waals surface area contributed by atoms with E-state index in [1.807, 2.05) is 18.2 Å². The minimum Gasteiger partial charge on any atom is -0.356 e. The third-order valence-corrected chi connectivity index (χ3v) is 7.17. The number of rotatable bonds is 7. The van der Waals surface area contributed by atoms with Crippen LogP contribution in [-0.2, 0) is 4.79 Å². The number of likely N-dealkylation sites (N-methyl/N-ethyl adjacent to an activating group) is 1. The molecule has 33 heavy (non-hydrogen) atoms. The Labute approximate surface area is 195 Å². The molecule has 0 aliphatic carbocycles. The van der Waals surface area contributed by atoms with Crippen LogP contribution in [0.5, 0.6) is 0 Å². The summed E-state index contributed by atoms with van der Waals surface area (Å²) in [6.45, 7) is 11.4. The van der Waals surface area contributed by atoms with Gasteiger partial charge in [-0.15, -0.1) is 0 Å². The van der Waals surface area contributed by atoms with Gasteiger partial charge in [-0.3, -0.25) is 4.79 Å². The molecule has 8 nitrogen and oxygen atoms in total. The fraction of sp³-hybridized carbons (Fsp3) is 0.560. The Kier molecular flexibility index (Phi) is 6.73. The maximum atomic E-state index is 12.9. The molecule has 2 aliphatic heterocycles. The third-order valence-electron chi connectivity index (χ3n) is 7.17. The number of hydrogen-bond acceptors (Lipinski definition) is 6. The van der Waals surface area contributed by atoms with Gasteiger partial charge in [0.25, 0.3) is 0 Å². The second-order valence-electron chi connectivity index (χ2n) is 9.25. The van der Waals surface area contributed by atoms with Crippen molar-refractivity contribution in [3.05, 3.63) is 36.7 Å². The Hall–Kier alpha value is -2.71. The highest BCUT2D eigenvalue weighted by Gasteiger charge is 2.28. The summed E-state index contributed by atoms with van der Waals surface area (Å²) >= 11 is 0. The molecule has 5 heterocycles. The van der Waals surface area contributed by atoms with E-state index in [0.29, 0.717) is 6.54 Å². The molecule has 1 amide bonds. The van der Waals surface area contributed by atoms with Gasteiger partial charge in [0.15, 0.2) is 11.5 Å². The first kappa shape index (κ1) is 22.1. The van der Waals surface area contributed by atoms with Crippen molar-refractivity contribution in [2.45, 2.75) is 26.2 Å². The molecule has 1 atom stereocenters. The van der Waals surface area contributed by atoms with E-state index in [1.165, 1.54) is 0 Å². The van der Waals surface area contributed by atoms with E-state index in [1.54, 1.807) is 6.20 Å². The first-order valence-electron chi connectivity index (χ1n) is 12.4. The fourth-order valence-electron chi connectivity index (χ4n) is 5.20. The number of carbonyl (C=O) groups is 1. The summed E-state index contributed by atoms with van der Waals surface area (Å²) in [5, 5.41) is 3.21. The van der Waals surface area contributed by atoms with E-state index in [-0.39, 0.29) is 11.8 Å². The van der Waals surface area contributed by atoms with Crippen molar-refractivity contribution in [2.24, 2.45) is 5.92 Å². The van der Waals surface area contributed by atoms with Gasteiger partial charge >= 0.3 is 0 Å². The topological polar surface area (TPSA) is 69.0 Å². The number of nitrogens with zero attached hydrogens (tertiary/aromatic N) is 6. The number of pyridine rings is 1. The molecule has 0 unspecified atom stereocenters. The Bertz CT molecular complexity index is 1090. The van der Waals surface area contributed by atoms with Crippen molar-refractivity contribution in [2.75, 3.05) is 63.8 Å². The smallest absolute Gasteiger partial charge is 0.224 e. The number of hydrogen-bond donors (Lipinski definition) is 1. The van der Waals surface area contributed by atoms with Gasteiger partial charge in [-0.05, 0) is 56.6 Å². The van der Waals surface area contributed by atoms with Crippen molar-refractivity contribution in [1.29, 1.82) is 0 Å². The molecule has 0 spiro atoms. The number of carbonyl (C=O) groups excluding carboxylic acids is 1.